The van der Waals surface area contributed by atoms with Crippen molar-refractivity contribution in [2.24, 2.45) is 0 Å². The molecule has 1 aromatic carbocycles. The molecular formula is C12H14FN3O5. The normalized spacial score (nSPS) is 18.6. The van der Waals surface area contributed by atoms with Crippen molar-refractivity contribution in [1.29, 1.82) is 0 Å². The van der Waals surface area contributed by atoms with Gasteiger partial charge in [0.25, 0.3) is 11.6 Å². The number of carbonyl (C=O) groups excluding carboxylic acids is 1. The Morgan fingerprint density at radius 1 is 1.62 bits per heavy atom. The molecule has 1 atom stereocenters. The molecule has 0 radical (unpaired) electrons. The molecule has 0 aliphatic carbocycles. The van der Waals surface area contributed by atoms with Gasteiger partial charge in [-0.05, 0) is 6.07 Å². The number of nitrogens with zero attached hydrogens (tertiary/aromatic N) is 2. The highest BCUT2D eigenvalue weighted by molar-refractivity contribution is 5.99. The number of morpholine rings is 1. The van der Waals surface area contributed by atoms with E-state index in [2.05, 4.69) is 0 Å². The lowest BCUT2D eigenvalue weighted by Crippen LogP contribution is -2.47. The quantitative estimate of drug-likeness (QED) is 0.466. The number of nitro groups is 1. The molecular weight excluding hydrogens is 285 g/mol. The molecule has 1 unspecified atom stereocenters. The maximum absolute atomic E-state index is 13.3. The van der Waals surface area contributed by atoms with Gasteiger partial charge in [-0.2, -0.15) is 0 Å². The number of aliphatic hydroxyl groups is 1. The van der Waals surface area contributed by atoms with Gasteiger partial charge in [0.1, 0.15) is 5.56 Å². The van der Waals surface area contributed by atoms with Crippen molar-refractivity contribution in [3.63, 3.8) is 0 Å². The van der Waals surface area contributed by atoms with E-state index in [0.29, 0.717) is 6.07 Å². The molecule has 21 heavy (non-hydrogen) atoms. The molecule has 1 heterocycles. The zero-order chi connectivity index (χ0) is 15.6. The Balaban J connectivity index is 2.34. The summed E-state index contributed by atoms with van der Waals surface area (Å²) in [6, 6.07) is 1.59. The first-order chi connectivity index (χ1) is 9.93. The average molecular weight is 299 g/mol. The molecule has 0 aromatic heterocycles. The van der Waals surface area contributed by atoms with Gasteiger partial charge in [0.15, 0.2) is 5.82 Å². The largest absolute Gasteiger partial charge is 0.396 e. The third-order valence-electron chi connectivity index (χ3n) is 3.17. The number of benzene rings is 1. The van der Waals surface area contributed by atoms with Crippen molar-refractivity contribution < 1.29 is 24.0 Å². The van der Waals surface area contributed by atoms with Crippen molar-refractivity contribution in [3.8, 4) is 0 Å². The zero-order valence-corrected chi connectivity index (χ0v) is 11.0. The summed E-state index contributed by atoms with van der Waals surface area (Å²) in [7, 11) is 0. The minimum Gasteiger partial charge on any atom is -0.396 e. The highest BCUT2D eigenvalue weighted by Crippen LogP contribution is 2.26. The van der Waals surface area contributed by atoms with Crippen molar-refractivity contribution in [3.05, 3.63) is 33.6 Å². The number of hydrogen-bond acceptors (Lipinski definition) is 6. The van der Waals surface area contributed by atoms with Crippen molar-refractivity contribution in [2.75, 3.05) is 32.0 Å². The zero-order valence-electron chi connectivity index (χ0n) is 11.0. The van der Waals surface area contributed by atoms with Gasteiger partial charge in [0.05, 0.1) is 36.0 Å². The summed E-state index contributed by atoms with van der Waals surface area (Å²) in [5.41, 5.74) is 4.12. The third-order valence-corrected chi connectivity index (χ3v) is 3.17. The SMILES string of the molecule is Nc1cc(C(=O)N2CCOC(CO)C2)c([N+](=O)[O-])cc1F. The van der Waals surface area contributed by atoms with E-state index < -0.39 is 28.4 Å². The van der Waals surface area contributed by atoms with E-state index in [0.717, 1.165) is 6.07 Å². The van der Waals surface area contributed by atoms with E-state index in [1.165, 1.54) is 4.90 Å². The minimum absolute atomic E-state index is 0.101. The summed E-state index contributed by atoms with van der Waals surface area (Å²) in [4.78, 5) is 23.8. The van der Waals surface area contributed by atoms with Crippen LogP contribution in [0.25, 0.3) is 0 Å². The average Bonchev–Trinajstić information content (AvgIpc) is 2.48. The Bertz CT molecular complexity index is 580. The van der Waals surface area contributed by atoms with E-state index in [-0.39, 0.29) is 37.6 Å². The molecule has 1 fully saturated rings. The standard InChI is InChI=1S/C12H14FN3O5/c13-9-4-11(16(19)20)8(3-10(9)14)12(18)15-1-2-21-7(5-15)6-17/h3-4,7,17H,1-2,5-6,14H2. The summed E-state index contributed by atoms with van der Waals surface area (Å²) in [5, 5.41) is 20.0. The van der Waals surface area contributed by atoms with Gasteiger partial charge in [-0.1, -0.05) is 0 Å². The van der Waals surface area contributed by atoms with E-state index >= 15 is 0 Å². The summed E-state index contributed by atoms with van der Waals surface area (Å²) in [5.74, 6) is -1.59. The fraction of sp³-hybridized carbons (Fsp3) is 0.417. The Labute approximate surface area is 119 Å². The van der Waals surface area contributed by atoms with E-state index in [1.54, 1.807) is 0 Å². The van der Waals surface area contributed by atoms with Crippen molar-refractivity contribution in [2.45, 2.75) is 6.10 Å². The maximum Gasteiger partial charge on any atom is 0.285 e. The summed E-state index contributed by atoms with van der Waals surface area (Å²) < 4.78 is 18.5. The number of nitrogen functional groups attached to an aromatic ring is 1. The second kappa shape index (κ2) is 6.02. The summed E-state index contributed by atoms with van der Waals surface area (Å²) in [6.07, 6.45) is -0.542. The van der Waals surface area contributed by atoms with Gasteiger partial charge >= 0.3 is 0 Å². The molecule has 8 nitrogen and oxygen atoms in total. The summed E-state index contributed by atoms with van der Waals surface area (Å²) in [6.45, 7) is 0.270. The first kappa shape index (κ1) is 15.1. The summed E-state index contributed by atoms with van der Waals surface area (Å²) >= 11 is 0. The molecule has 114 valence electrons. The van der Waals surface area contributed by atoms with Crippen LogP contribution in [0.1, 0.15) is 10.4 Å². The van der Waals surface area contributed by atoms with Crippen LogP contribution in [-0.4, -0.2) is 53.2 Å². The van der Waals surface area contributed by atoms with E-state index in [4.69, 9.17) is 15.6 Å². The molecule has 1 aliphatic heterocycles. The Kier molecular flexibility index (Phi) is 4.34. The fourth-order valence-corrected chi connectivity index (χ4v) is 2.09. The van der Waals surface area contributed by atoms with Crippen LogP contribution in [0.4, 0.5) is 15.8 Å². The van der Waals surface area contributed by atoms with Crippen molar-refractivity contribution in [1.82, 2.24) is 4.90 Å². The predicted molar refractivity (Wildman–Crippen MR) is 70.2 cm³/mol. The van der Waals surface area contributed by atoms with Crippen LogP contribution >= 0.6 is 0 Å². The molecule has 0 bridgehead atoms. The van der Waals surface area contributed by atoms with Crippen LogP contribution in [0.15, 0.2) is 12.1 Å². The number of carbonyl (C=O) groups is 1. The van der Waals surface area contributed by atoms with Gasteiger partial charge in [-0.15, -0.1) is 0 Å². The van der Waals surface area contributed by atoms with Gasteiger partial charge in [0, 0.05) is 13.1 Å². The Hall–Kier alpha value is -2.26. The first-order valence-corrected chi connectivity index (χ1v) is 6.19. The van der Waals surface area contributed by atoms with Crippen LogP contribution in [-0.2, 0) is 4.74 Å². The Morgan fingerprint density at radius 2 is 2.33 bits per heavy atom. The van der Waals surface area contributed by atoms with Gasteiger partial charge in [-0.25, -0.2) is 4.39 Å². The molecule has 0 spiro atoms. The van der Waals surface area contributed by atoms with Crippen LogP contribution in [0.5, 0.6) is 0 Å². The predicted octanol–water partition coefficient (Wildman–Crippen LogP) is 0.149. The molecule has 1 aliphatic rings. The Morgan fingerprint density at radius 3 is 2.95 bits per heavy atom. The molecule has 3 N–H and O–H groups in total. The van der Waals surface area contributed by atoms with Crippen molar-refractivity contribution >= 4 is 17.3 Å². The molecule has 9 heteroatoms. The number of amides is 1. The van der Waals surface area contributed by atoms with Crippen LogP contribution in [0.3, 0.4) is 0 Å². The maximum atomic E-state index is 13.3. The first-order valence-electron chi connectivity index (χ1n) is 6.19. The lowest BCUT2D eigenvalue weighted by molar-refractivity contribution is -0.385. The number of aliphatic hydroxyl groups excluding tert-OH is 1. The number of ether oxygens (including phenoxy) is 1. The fourth-order valence-electron chi connectivity index (χ4n) is 2.09. The number of halogens is 1. The third kappa shape index (κ3) is 3.09. The number of hydrogen-bond donors (Lipinski definition) is 2. The molecule has 1 saturated heterocycles. The second-order valence-corrected chi connectivity index (χ2v) is 4.57. The van der Waals surface area contributed by atoms with E-state index in [9.17, 15) is 19.3 Å². The lowest BCUT2D eigenvalue weighted by atomic mass is 10.1. The minimum atomic E-state index is -0.950. The second-order valence-electron chi connectivity index (χ2n) is 4.57. The highest BCUT2D eigenvalue weighted by atomic mass is 19.1. The number of nitro benzene ring substituents is 1. The van der Waals surface area contributed by atoms with Crippen LogP contribution in [0, 0.1) is 15.9 Å². The smallest absolute Gasteiger partial charge is 0.285 e. The number of nitrogens with two attached hydrogens (primary N) is 1. The van der Waals surface area contributed by atoms with Crippen LogP contribution < -0.4 is 5.73 Å². The molecule has 0 saturated carbocycles. The highest BCUT2D eigenvalue weighted by Gasteiger charge is 2.30. The lowest BCUT2D eigenvalue weighted by Gasteiger charge is -2.32. The van der Waals surface area contributed by atoms with Gasteiger partial charge < -0.3 is 20.5 Å². The molecule has 1 amide bonds. The topological polar surface area (TPSA) is 119 Å². The van der Waals surface area contributed by atoms with Gasteiger partial charge in [0.2, 0.25) is 0 Å². The molecule has 2 rings (SSSR count). The van der Waals surface area contributed by atoms with Crippen LogP contribution in [0.2, 0.25) is 0 Å². The monoisotopic (exact) mass is 299 g/mol. The molecule has 1 aromatic rings. The van der Waals surface area contributed by atoms with E-state index in [1.807, 2.05) is 0 Å². The number of anilines is 1. The number of rotatable bonds is 3. The van der Waals surface area contributed by atoms with Gasteiger partial charge in [-0.3, -0.25) is 14.9 Å².